The van der Waals surface area contributed by atoms with Gasteiger partial charge in [0.2, 0.25) is 0 Å². The maximum atomic E-state index is 5.55. The van der Waals surface area contributed by atoms with E-state index in [9.17, 15) is 0 Å². The third kappa shape index (κ3) is 4.81. The average Bonchev–Trinajstić information content (AvgIpc) is 3.21. The summed E-state index contributed by atoms with van der Waals surface area (Å²) >= 11 is 1.63. The highest BCUT2D eigenvalue weighted by Gasteiger charge is 2.16. The molecule has 154 valence electrons. The summed E-state index contributed by atoms with van der Waals surface area (Å²) in [4.78, 5) is 6.12. The van der Waals surface area contributed by atoms with E-state index in [2.05, 4.69) is 18.5 Å². The van der Waals surface area contributed by atoms with Gasteiger partial charge in [-0.3, -0.25) is 0 Å². The highest BCUT2D eigenvalue weighted by Crippen LogP contribution is 2.33. The lowest BCUT2D eigenvalue weighted by molar-refractivity contribution is -0.908. The first-order chi connectivity index (χ1) is 14.1. The van der Waals surface area contributed by atoms with Gasteiger partial charge in [-0.15, -0.1) is 11.3 Å². The molecule has 0 aliphatic rings. The van der Waals surface area contributed by atoms with Gasteiger partial charge >= 0.3 is 0 Å². The van der Waals surface area contributed by atoms with E-state index < -0.39 is 0 Å². The Balaban J connectivity index is 1.72. The number of hydrogen-bond acceptors (Lipinski definition) is 6. The van der Waals surface area contributed by atoms with Gasteiger partial charge in [-0.1, -0.05) is 6.07 Å². The van der Waals surface area contributed by atoms with Gasteiger partial charge in [0, 0.05) is 10.9 Å². The van der Waals surface area contributed by atoms with Crippen LogP contribution >= 0.6 is 11.3 Å². The smallest absolute Gasteiger partial charge is 0.169 e. The Morgan fingerprint density at radius 1 is 0.862 bits per heavy atom. The number of hydrogen-bond donors (Lipinski definition) is 1. The van der Waals surface area contributed by atoms with Crippen molar-refractivity contribution < 1.29 is 23.8 Å². The Bertz CT molecular complexity index is 958. The Hall–Kier alpha value is -2.77. The first-order valence-corrected chi connectivity index (χ1v) is 10.2. The molecule has 2 aromatic carbocycles. The summed E-state index contributed by atoms with van der Waals surface area (Å²) in [7, 11) is 8.75. The van der Waals surface area contributed by atoms with Crippen LogP contribution in [0.4, 0.5) is 0 Å². The van der Waals surface area contributed by atoms with Crippen LogP contribution in [0.15, 0.2) is 41.8 Å². The summed E-state index contributed by atoms with van der Waals surface area (Å²) in [5.41, 5.74) is 3.19. The molecule has 0 aliphatic heterocycles. The summed E-state index contributed by atoms with van der Waals surface area (Å²) in [6.07, 6.45) is 0. The molecule has 6 nitrogen and oxygen atoms in total. The summed E-state index contributed by atoms with van der Waals surface area (Å²) in [6.45, 7) is 1.62. The molecular weight excluding hydrogens is 388 g/mol. The van der Waals surface area contributed by atoms with Crippen molar-refractivity contribution >= 4 is 11.3 Å². The fourth-order valence-electron chi connectivity index (χ4n) is 3.28. The predicted molar refractivity (Wildman–Crippen MR) is 114 cm³/mol. The quantitative estimate of drug-likeness (QED) is 0.582. The van der Waals surface area contributed by atoms with Crippen LogP contribution in [0.25, 0.3) is 10.6 Å². The first kappa shape index (κ1) is 21.0. The van der Waals surface area contributed by atoms with Gasteiger partial charge in [0.15, 0.2) is 23.0 Å². The molecule has 0 spiro atoms. The van der Waals surface area contributed by atoms with Gasteiger partial charge in [0.25, 0.3) is 0 Å². The molecule has 1 heterocycles. The van der Waals surface area contributed by atoms with Crippen LogP contribution in [0.3, 0.4) is 0 Å². The number of quaternary nitrogens is 1. The maximum Gasteiger partial charge on any atom is 0.169 e. The molecule has 1 aromatic heterocycles. The number of ether oxygens (including phenoxy) is 4. The van der Waals surface area contributed by atoms with Crippen molar-refractivity contribution in [2.45, 2.75) is 13.1 Å². The number of nitrogens with one attached hydrogen (secondary N) is 1. The van der Waals surface area contributed by atoms with Crippen LogP contribution in [-0.2, 0) is 13.1 Å². The predicted octanol–water partition coefficient (Wildman–Crippen LogP) is 3.06. The minimum atomic E-state index is 0.703. The normalized spacial score (nSPS) is 11.8. The number of para-hydroxylation sites is 1. The molecule has 0 amide bonds. The number of rotatable bonds is 9. The molecule has 1 atom stereocenters. The molecule has 1 N–H and O–H groups in total. The fourth-order valence-corrected chi connectivity index (χ4v) is 4.10. The van der Waals surface area contributed by atoms with E-state index in [1.54, 1.807) is 39.8 Å². The van der Waals surface area contributed by atoms with Crippen LogP contribution in [0.2, 0.25) is 0 Å². The lowest BCUT2D eigenvalue weighted by Gasteiger charge is -2.16. The lowest BCUT2D eigenvalue weighted by Crippen LogP contribution is -3.06. The van der Waals surface area contributed by atoms with Crippen molar-refractivity contribution in [3.05, 3.63) is 53.0 Å². The molecule has 3 rings (SSSR count). The molecule has 0 bridgehead atoms. The number of methoxy groups -OCH3 is 4. The molecule has 3 aromatic rings. The Morgan fingerprint density at radius 3 is 2.31 bits per heavy atom. The molecule has 7 heteroatoms. The van der Waals surface area contributed by atoms with Crippen molar-refractivity contribution in [3.63, 3.8) is 0 Å². The summed E-state index contributed by atoms with van der Waals surface area (Å²) < 4.78 is 21.7. The van der Waals surface area contributed by atoms with Gasteiger partial charge in [-0.05, 0) is 30.3 Å². The van der Waals surface area contributed by atoms with E-state index in [0.717, 1.165) is 46.4 Å². The van der Waals surface area contributed by atoms with Gasteiger partial charge in [0.05, 0.1) is 41.1 Å². The SMILES string of the molecule is COc1ccc(-c2nc(C[NH+](C)Cc3cccc(OC)c3OC)cs2)cc1OC. The lowest BCUT2D eigenvalue weighted by atomic mass is 10.1. The van der Waals surface area contributed by atoms with Crippen molar-refractivity contribution in [1.82, 2.24) is 4.98 Å². The van der Waals surface area contributed by atoms with Gasteiger partial charge < -0.3 is 23.8 Å². The largest absolute Gasteiger partial charge is 0.493 e. The van der Waals surface area contributed by atoms with Crippen molar-refractivity contribution in [1.29, 1.82) is 0 Å². The number of benzene rings is 2. The highest BCUT2D eigenvalue weighted by atomic mass is 32.1. The number of thiazole rings is 1. The van der Waals surface area contributed by atoms with Crippen LogP contribution < -0.4 is 23.8 Å². The third-order valence-electron chi connectivity index (χ3n) is 4.64. The molecule has 29 heavy (non-hydrogen) atoms. The van der Waals surface area contributed by atoms with E-state index in [-0.39, 0.29) is 0 Å². The summed E-state index contributed by atoms with van der Waals surface area (Å²) in [6, 6.07) is 11.8. The maximum absolute atomic E-state index is 5.55. The van der Waals surface area contributed by atoms with E-state index in [1.165, 1.54) is 4.90 Å². The van der Waals surface area contributed by atoms with Crippen LogP contribution in [0, 0.1) is 0 Å². The number of aromatic nitrogens is 1. The zero-order valence-electron chi connectivity index (χ0n) is 17.4. The monoisotopic (exact) mass is 415 g/mol. The zero-order chi connectivity index (χ0) is 20.8. The van der Waals surface area contributed by atoms with E-state index >= 15 is 0 Å². The van der Waals surface area contributed by atoms with Gasteiger partial charge in [-0.25, -0.2) is 4.98 Å². The van der Waals surface area contributed by atoms with Crippen LogP contribution in [-0.4, -0.2) is 40.5 Å². The molecule has 0 saturated carbocycles. The van der Waals surface area contributed by atoms with E-state index in [0.29, 0.717) is 11.5 Å². The van der Waals surface area contributed by atoms with Crippen LogP contribution in [0.1, 0.15) is 11.3 Å². The van der Waals surface area contributed by atoms with Gasteiger partial charge in [0.1, 0.15) is 23.8 Å². The number of nitrogens with zero attached hydrogens (tertiary/aromatic N) is 1. The molecule has 0 radical (unpaired) electrons. The second kappa shape index (κ2) is 9.62. The first-order valence-electron chi connectivity index (χ1n) is 9.27. The Labute approximate surface area is 175 Å². The minimum absolute atomic E-state index is 0.703. The minimum Gasteiger partial charge on any atom is -0.493 e. The zero-order valence-corrected chi connectivity index (χ0v) is 18.3. The van der Waals surface area contributed by atoms with Gasteiger partial charge in [-0.2, -0.15) is 0 Å². The van der Waals surface area contributed by atoms with Crippen molar-refractivity contribution in [2.24, 2.45) is 0 Å². The third-order valence-corrected chi connectivity index (χ3v) is 5.58. The van der Waals surface area contributed by atoms with E-state index in [1.807, 2.05) is 30.3 Å². The Kier molecular flexibility index (Phi) is 6.95. The molecule has 0 aliphatic carbocycles. The van der Waals surface area contributed by atoms with Crippen molar-refractivity contribution in [2.75, 3.05) is 35.5 Å². The topological polar surface area (TPSA) is 54.3 Å². The van der Waals surface area contributed by atoms with E-state index in [4.69, 9.17) is 23.9 Å². The standard InChI is InChI=1S/C22H26N2O4S/c1-24(12-16-7-6-8-19(26-3)21(16)28-5)13-17-14-29-22(23-17)15-9-10-18(25-2)20(11-15)27-4/h6-11,14H,12-13H2,1-5H3/p+1. The second-order valence-corrected chi connectivity index (χ2v) is 7.54. The fraction of sp³-hybridized carbons (Fsp3) is 0.318. The highest BCUT2D eigenvalue weighted by molar-refractivity contribution is 7.13. The van der Waals surface area contributed by atoms with Crippen LogP contribution in [0.5, 0.6) is 23.0 Å². The molecule has 0 fully saturated rings. The average molecular weight is 416 g/mol. The molecular formula is C22H27N2O4S+. The van der Waals surface area contributed by atoms with Crippen molar-refractivity contribution in [3.8, 4) is 33.6 Å². The molecule has 1 unspecified atom stereocenters. The summed E-state index contributed by atoms with van der Waals surface area (Å²) in [5, 5.41) is 3.07. The Morgan fingerprint density at radius 2 is 1.62 bits per heavy atom. The second-order valence-electron chi connectivity index (χ2n) is 6.68. The summed E-state index contributed by atoms with van der Waals surface area (Å²) in [5.74, 6) is 2.96. The molecule has 0 saturated heterocycles.